The number of aryl methyl sites for hydroxylation is 2. The fraction of sp³-hybridized carbons (Fsp3) is 0.591. The van der Waals surface area contributed by atoms with Gasteiger partial charge in [0.05, 0.1) is 0 Å². The van der Waals surface area contributed by atoms with Crippen molar-refractivity contribution in [2.75, 3.05) is 19.8 Å². The molecule has 0 spiro atoms. The summed E-state index contributed by atoms with van der Waals surface area (Å²) < 4.78 is 2.40. The maximum Gasteiger partial charge on any atom is 0.191 e. The van der Waals surface area contributed by atoms with E-state index in [9.17, 15) is 0 Å². The highest BCUT2D eigenvalue weighted by atomic mass is 32.2. The van der Waals surface area contributed by atoms with Crippen LogP contribution >= 0.6 is 11.8 Å². The van der Waals surface area contributed by atoms with E-state index in [0.29, 0.717) is 6.04 Å². The summed E-state index contributed by atoms with van der Waals surface area (Å²) in [5.41, 5.74) is 2.71. The maximum absolute atomic E-state index is 4.48. The van der Waals surface area contributed by atoms with Crippen molar-refractivity contribution in [3.8, 4) is 0 Å². The summed E-state index contributed by atoms with van der Waals surface area (Å²) in [4.78, 5) is 4.36. The van der Waals surface area contributed by atoms with Gasteiger partial charge < -0.3 is 15.2 Å². The standard InChI is InChI=1S/C22H34N6S/c1-4-17-10-5-6-11-18(17)16-25-21(23-2)24-15-9-14-20-26-27-22(29-3)28(20)19-12-7-8-13-19/h5-6,10-11,19H,4,7-9,12-16H2,1-3H3,(H2,23,24,25). The van der Waals surface area contributed by atoms with E-state index in [1.54, 1.807) is 11.8 Å². The Morgan fingerprint density at radius 1 is 1.17 bits per heavy atom. The van der Waals surface area contributed by atoms with Crippen molar-refractivity contribution < 1.29 is 0 Å². The molecule has 1 heterocycles. The van der Waals surface area contributed by atoms with Gasteiger partial charge in [-0.3, -0.25) is 4.99 Å². The minimum Gasteiger partial charge on any atom is -0.356 e. The first-order valence-electron chi connectivity index (χ1n) is 10.8. The van der Waals surface area contributed by atoms with Crippen molar-refractivity contribution in [2.45, 2.75) is 69.6 Å². The predicted octanol–water partition coefficient (Wildman–Crippen LogP) is 3.98. The average molecular weight is 415 g/mol. The lowest BCUT2D eigenvalue weighted by Crippen LogP contribution is -2.37. The number of nitrogens with zero attached hydrogens (tertiary/aromatic N) is 4. The Balaban J connectivity index is 1.47. The summed E-state index contributed by atoms with van der Waals surface area (Å²) >= 11 is 1.70. The molecule has 0 bridgehead atoms. The van der Waals surface area contributed by atoms with Crippen LogP contribution in [0.25, 0.3) is 0 Å². The molecule has 1 fully saturated rings. The van der Waals surface area contributed by atoms with Gasteiger partial charge in [0.15, 0.2) is 11.1 Å². The molecule has 1 aromatic heterocycles. The molecule has 0 aliphatic heterocycles. The topological polar surface area (TPSA) is 67.1 Å². The van der Waals surface area contributed by atoms with Crippen LogP contribution in [0, 0.1) is 0 Å². The van der Waals surface area contributed by atoms with E-state index in [0.717, 1.165) is 49.3 Å². The molecular formula is C22H34N6S. The Morgan fingerprint density at radius 3 is 2.62 bits per heavy atom. The largest absolute Gasteiger partial charge is 0.356 e. The number of aromatic nitrogens is 3. The highest BCUT2D eigenvalue weighted by molar-refractivity contribution is 7.98. The number of hydrogen-bond donors (Lipinski definition) is 2. The summed E-state index contributed by atoms with van der Waals surface area (Å²) in [6.45, 7) is 3.84. The number of aliphatic imine (C=N–C) groups is 1. The van der Waals surface area contributed by atoms with Crippen molar-refractivity contribution in [1.29, 1.82) is 0 Å². The van der Waals surface area contributed by atoms with Crippen LogP contribution < -0.4 is 10.6 Å². The molecule has 0 atom stereocenters. The van der Waals surface area contributed by atoms with Gasteiger partial charge in [0.2, 0.25) is 0 Å². The van der Waals surface area contributed by atoms with Gasteiger partial charge in [0, 0.05) is 32.6 Å². The molecule has 1 aromatic carbocycles. The Kier molecular flexibility index (Phi) is 8.40. The highest BCUT2D eigenvalue weighted by Crippen LogP contribution is 2.33. The molecule has 0 amide bonds. The zero-order valence-electron chi connectivity index (χ0n) is 17.9. The van der Waals surface area contributed by atoms with Gasteiger partial charge in [0.25, 0.3) is 0 Å². The molecule has 0 unspecified atom stereocenters. The quantitative estimate of drug-likeness (QED) is 0.281. The van der Waals surface area contributed by atoms with Crippen molar-refractivity contribution >= 4 is 17.7 Å². The summed E-state index contributed by atoms with van der Waals surface area (Å²) in [6.07, 6.45) is 10.2. The summed E-state index contributed by atoms with van der Waals surface area (Å²) in [7, 11) is 1.82. The van der Waals surface area contributed by atoms with Crippen LogP contribution in [0.1, 0.15) is 62.0 Å². The highest BCUT2D eigenvalue weighted by Gasteiger charge is 2.23. The van der Waals surface area contributed by atoms with Gasteiger partial charge in [-0.25, -0.2) is 0 Å². The molecule has 1 aliphatic rings. The van der Waals surface area contributed by atoms with Gasteiger partial charge in [0.1, 0.15) is 5.82 Å². The third kappa shape index (κ3) is 5.75. The first-order chi connectivity index (χ1) is 14.3. The Bertz CT molecular complexity index is 794. The molecule has 7 heteroatoms. The van der Waals surface area contributed by atoms with E-state index in [-0.39, 0.29) is 0 Å². The van der Waals surface area contributed by atoms with E-state index in [4.69, 9.17) is 0 Å². The van der Waals surface area contributed by atoms with Gasteiger partial charge in [-0.1, -0.05) is 55.8 Å². The molecular weight excluding hydrogens is 380 g/mol. The molecule has 6 nitrogen and oxygen atoms in total. The molecule has 158 valence electrons. The number of thioether (sulfide) groups is 1. The number of rotatable bonds is 9. The van der Waals surface area contributed by atoms with Crippen molar-refractivity contribution in [3.05, 3.63) is 41.2 Å². The summed E-state index contributed by atoms with van der Waals surface area (Å²) in [6, 6.07) is 9.15. The Labute approximate surface area is 179 Å². The van der Waals surface area contributed by atoms with Crippen molar-refractivity contribution in [1.82, 2.24) is 25.4 Å². The predicted molar refractivity (Wildman–Crippen MR) is 122 cm³/mol. The molecule has 1 aliphatic carbocycles. The molecule has 0 radical (unpaired) electrons. The van der Waals surface area contributed by atoms with Crippen LogP contribution in [0.5, 0.6) is 0 Å². The lowest BCUT2D eigenvalue weighted by molar-refractivity contribution is 0.460. The van der Waals surface area contributed by atoms with Gasteiger partial charge in [-0.15, -0.1) is 10.2 Å². The van der Waals surface area contributed by atoms with E-state index in [2.05, 4.69) is 67.8 Å². The van der Waals surface area contributed by atoms with Crippen LogP contribution in [0.15, 0.2) is 34.4 Å². The monoisotopic (exact) mass is 414 g/mol. The third-order valence-corrected chi connectivity index (χ3v) is 6.29. The van der Waals surface area contributed by atoms with E-state index >= 15 is 0 Å². The zero-order valence-corrected chi connectivity index (χ0v) is 18.8. The fourth-order valence-electron chi connectivity index (χ4n) is 4.07. The van der Waals surface area contributed by atoms with Crippen molar-refractivity contribution in [3.63, 3.8) is 0 Å². The maximum atomic E-state index is 4.48. The molecule has 2 aromatic rings. The lowest BCUT2D eigenvalue weighted by Gasteiger charge is -2.16. The van der Waals surface area contributed by atoms with Gasteiger partial charge >= 0.3 is 0 Å². The van der Waals surface area contributed by atoms with Crippen LogP contribution in [-0.4, -0.2) is 40.6 Å². The van der Waals surface area contributed by atoms with E-state index in [1.807, 2.05) is 7.05 Å². The van der Waals surface area contributed by atoms with E-state index < -0.39 is 0 Å². The normalized spacial score (nSPS) is 15.1. The molecule has 2 N–H and O–H groups in total. The minimum absolute atomic E-state index is 0.587. The van der Waals surface area contributed by atoms with Gasteiger partial charge in [-0.2, -0.15) is 0 Å². The molecule has 0 saturated heterocycles. The van der Waals surface area contributed by atoms with E-state index in [1.165, 1.54) is 36.8 Å². The Hall–Kier alpha value is -2.02. The molecule has 3 rings (SSSR count). The first kappa shape index (κ1) is 21.7. The lowest BCUT2D eigenvalue weighted by atomic mass is 10.1. The third-order valence-electron chi connectivity index (χ3n) is 5.65. The van der Waals surface area contributed by atoms with Gasteiger partial charge in [-0.05, 0) is 43.1 Å². The Morgan fingerprint density at radius 2 is 1.93 bits per heavy atom. The van der Waals surface area contributed by atoms with Crippen LogP contribution in [-0.2, 0) is 19.4 Å². The van der Waals surface area contributed by atoms with Crippen LogP contribution in [0.3, 0.4) is 0 Å². The average Bonchev–Trinajstić information content (AvgIpc) is 3.42. The minimum atomic E-state index is 0.587. The fourth-order valence-corrected chi connectivity index (χ4v) is 4.65. The summed E-state index contributed by atoms with van der Waals surface area (Å²) in [5, 5.41) is 16.8. The number of nitrogens with one attached hydrogen (secondary N) is 2. The van der Waals surface area contributed by atoms with Crippen LogP contribution in [0.4, 0.5) is 0 Å². The van der Waals surface area contributed by atoms with Crippen LogP contribution in [0.2, 0.25) is 0 Å². The smallest absolute Gasteiger partial charge is 0.191 e. The second-order valence-electron chi connectivity index (χ2n) is 7.49. The second-order valence-corrected chi connectivity index (χ2v) is 8.26. The van der Waals surface area contributed by atoms with Crippen molar-refractivity contribution in [2.24, 2.45) is 4.99 Å². The zero-order chi connectivity index (χ0) is 20.5. The number of benzene rings is 1. The second kappa shape index (κ2) is 11.2. The first-order valence-corrected chi connectivity index (χ1v) is 12.0. The number of hydrogen-bond acceptors (Lipinski definition) is 4. The SMILES string of the molecule is CCc1ccccc1CNC(=NC)NCCCc1nnc(SC)n1C1CCCC1. The summed E-state index contributed by atoms with van der Waals surface area (Å²) in [5.74, 6) is 1.97. The molecule has 29 heavy (non-hydrogen) atoms. The number of guanidine groups is 1. The molecule has 1 saturated carbocycles.